The molecular formula is C18H23FN4O2. The first-order valence-electron chi connectivity index (χ1n) is 8.39. The molecule has 6 nitrogen and oxygen atoms in total. The lowest BCUT2D eigenvalue weighted by Crippen LogP contribution is -2.49. The van der Waals surface area contributed by atoms with Gasteiger partial charge in [0.05, 0.1) is 13.4 Å². The van der Waals surface area contributed by atoms with Gasteiger partial charge in [-0.05, 0) is 24.6 Å². The van der Waals surface area contributed by atoms with E-state index in [0.717, 1.165) is 18.7 Å². The van der Waals surface area contributed by atoms with Crippen LogP contribution in [0.2, 0.25) is 0 Å². The van der Waals surface area contributed by atoms with Gasteiger partial charge in [0.15, 0.2) is 11.6 Å². The highest BCUT2D eigenvalue weighted by atomic mass is 19.1. The summed E-state index contributed by atoms with van der Waals surface area (Å²) in [7, 11) is 1.46. The van der Waals surface area contributed by atoms with Crippen LogP contribution in [0.5, 0.6) is 5.75 Å². The summed E-state index contributed by atoms with van der Waals surface area (Å²) in [6.07, 6.45) is 5.14. The molecule has 1 aromatic heterocycles. The Morgan fingerprint density at radius 3 is 2.68 bits per heavy atom. The second-order valence-electron chi connectivity index (χ2n) is 6.26. The zero-order chi connectivity index (χ0) is 17.8. The first kappa shape index (κ1) is 17.4. The van der Waals surface area contributed by atoms with Crippen molar-refractivity contribution in [1.82, 2.24) is 19.4 Å². The van der Waals surface area contributed by atoms with Crippen molar-refractivity contribution in [3.05, 3.63) is 48.3 Å². The van der Waals surface area contributed by atoms with Gasteiger partial charge in [-0.25, -0.2) is 9.37 Å². The highest BCUT2D eigenvalue weighted by Crippen LogP contribution is 2.19. The van der Waals surface area contributed by atoms with Crippen LogP contribution in [0.4, 0.5) is 4.39 Å². The Labute approximate surface area is 146 Å². The van der Waals surface area contributed by atoms with Gasteiger partial charge in [-0.1, -0.05) is 6.07 Å². The molecule has 0 N–H and O–H groups in total. The lowest BCUT2D eigenvalue weighted by Gasteiger charge is -2.36. The zero-order valence-electron chi connectivity index (χ0n) is 14.6. The standard InChI is InChI=1S/C18H23FN4O2/c1-14(23-6-5-20-13-23)18(24)22-9-7-21(8-10-22)12-15-3-4-17(25-2)16(19)11-15/h3-6,11,13-14H,7-10,12H2,1-2H3. The fourth-order valence-electron chi connectivity index (χ4n) is 3.08. The summed E-state index contributed by atoms with van der Waals surface area (Å²) in [5, 5.41) is 0. The normalized spacial score (nSPS) is 16.7. The molecule has 1 saturated heterocycles. The van der Waals surface area contributed by atoms with Crippen molar-refractivity contribution in [2.75, 3.05) is 33.3 Å². The molecule has 1 amide bonds. The van der Waals surface area contributed by atoms with E-state index >= 15 is 0 Å². The maximum absolute atomic E-state index is 13.8. The van der Waals surface area contributed by atoms with Gasteiger partial charge in [0.2, 0.25) is 5.91 Å². The Bertz CT molecular complexity index is 712. The SMILES string of the molecule is COc1ccc(CN2CCN(C(=O)C(C)n3ccnc3)CC2)cc1F. The molecule has 1 unspecified atom stereocenters. The molecule has 3 rings (SSSR count). The number of ether oxygens (including phenoxy) is 1. The third-order valence-electron chi connectivity index (χ3n) is 4.64. The molecule has 0 aliphatic carbocycles. The zero-order valence-corrected chi connectivity index (χ0v) is 14.6. The van der Waals surface area contributed by atoms with Crippen molar-refractivity contribution in [1.29, 1.82) is 0 Å². The van der Waals surface area contributed by atoms with Gasteiger partial charge < -0.3 is 14.2 Å². The summed E-state index contributed by atoms with van der Waals surface area (Å²) in [6.45, 7) is 5.45. The average molecular weight is 346 g/mol. The number of methoxy groups -OCH3 is 1. The molecule has 2 aromatic rings. The summed E-state index contributed by atoms with van der Waals surface area (Å²) in [5.41, 5.74) is 0.907. The molecule has 2 heterocycles. The van der Waals surface area contributed by atoms with Gasteiger partial charge in [-0.15, -0.1) is 0 Å². The molecule has 7 heteroatoms. The molecular weight excluding hydrogens is 323 g/mol. The van der Waals surface area contributed by atoms with Crippen molar-refractivity contribution in [3.63, 3.8) is 0 Å². The van der Waals surface area contributed by atoms with E-state index in [1.54, 1.807) is 24.8 Å². The summed E-state index contributed by atoms with van der Waals surface area (Å²) < 4.78 is 20.6. The second kappa shape index (κ2) is 7.65. The van der Waals surface area contributed by atoms with Crippen LogP contribution >= 0.6 is 0 Å². The van der Waals surface area contributed by atoms with E-state index in [4.69, 9.17) is 4.74 Å². The Morgan fingerprint density at radius 1 is 1.32 bits per heavy atom. The summed E-state index contributed by atoms with van der Waals surface area (Å²) >= 11 is 0. The smallest absolute Gasteiger partial charge is 0.245 e. The van der Waals surface area contributed by atoms with Crippen LogP contribution in [0.3, 0.4) is 0 Å². The highest BCUT2D eigenvalue weighted by molar-refractivity contribution is 5.80. The molecule has 1 aromatic carbocycles. The number of imidazole rings is 1. The highest BCUT2D eigenvalue weighted by Gasteiger charge is 2.25. The Kier molecular flexibility index (Phi) is 5.33. The number of hydrogen-bond donors (Lipinski definition) is 0. The molecule has 1 atom stereocenters. The minimum absolute atomic E-state index is 0.105. The van der Waals surface area contributed by atoms with Crippen molar-refractivity contribution in [3.8, 4) is 5.75 Å². The fraction of sp³-hybridized carbons (Fsp3) is 0.444. The number of hydrogen-bond acceptors (Lipinski definition) is 4. The van der Waals surface area contributed by atoms with Crippen molar-refractivity contribution in [2.24, 2.45) is 0 Å². The quantitative estimate of drug-likeness (QED) is 0.830. The van der Waals surface area contributed by atoms with Crippen LogP contribution in [-0.2, 0) is 11.3 Å². The van der Waals surface area contributed by atoms with E-state index in [1.165, 1.54) is 13.2 Å². The molecule has 0 radical (unpaired) electrons. The number of benzene rings is 1. The number of nitrogens with zero attached hydrogens (tertiary/aromatic N) is 4. The van der Waals surface area contributed by atoms with Crippen LogP contribution in [0.15, 0.2) is 36.9 Å². The van der Waals surface area contributed by atoms with Gasteiger partial charge in [0.25, 0.3) is 0 Å². The third-order valence-corrected chi connectivity index (χ3v) is 4.64. The predicted octanol–water partition coefficient (Wildman–Crippen LogP) is 1.94. The maximum Gasteiger partial charge on any atom is 0.245 e. The number of amides is 1. The Morgan fingerprint density at radius 2 is 2.08 bits per heavy atom. The van der Waals surface area contributed by atoms with Crippen LogP contribution in [0.25, 0.3) is 0 Å². The van der Waals surface area contributed by atoms with Gasteiger partial charge in [0, 0.05) is 45.1 Å². The van der Waals surface area contributed by atoms with Gasteiger partial charge in [-0.2, -0.15) is 0 Å². The van der Waals surface area contributed by atoms with Crippen LogP contribution in [0.1, 0.15) is 18.5 Å². The van der Waals surface area contributed by atoms with E-state index in [1.807, 2.05) is 22.5 Å². The number of carbonyl (C=O) groups excluding carboxylic acids is 1. The van der Waals surface area contributed by atoms with Crippen LogP contribution in [-0.4, -0.2) is 58.5 Å². The monoisotopic (exact) mass is 346 g/mol. The minimum Gasteiger partial charge on any atom is -0.494 e. The van der Waals surface area contributed by atoms with Crippen LogP contribution < -0.4 is 4.74 Å². The molecule has 0 saturated carbocycles. The van der Waals surface area contributed by atoms with Crippen molar-refractivity contribution in [2.45, 2.75) is 19.5 Å². The first-order valence-corrected chi connectivity index (χ1v) is 8.39. The minimum atomic E-state index is -0.344. The second-order valence-corrected chi connectivity index (χ2v) is 6.26. The predicted molar refractivity (Wildman–Crippen MR) is 91.7 cm³/mol. The largest absolute Gasteiger partial charge is 0.494 e. The fourth-order valence-corrected chi connectivity index (χ4v) is 3.08. The molecule has 1 aliphatic rings. The van der Waals surface area contributed by atoms with E-state index in [2.05, 4.69) is 9.88 Å². The third kappa shape index (κ3) is 3.99. The van der Waals surface area contributed by atoms with E-state index in [9.17, 15) is 9.18 Å². The lowest BCUT2D eigenvalue weighted by atomic mass is 10.1. The Hall–Kier alpha value is -2.41. The molecule has 0 spiro atoms. The van der Waals surface area contributed by atoms with Crippen molar-refractivity contribution < 1.29 is 13.9 Å². The average Bonchev–Trinajstić information content (AvgIpc) is 3.16. The maximum atomic E-state index is 13.8. The molecule has 25 heavy (non-hydrogen) atoms. The van der Waals surface area contributed by atoms with Gasteiger partial charge in [-0.3, -0.25) is 9.69 Å². The number of halogens is 1. The number of rotatable bonds is 5. The van der Waals surface area contributed by atoms with E-state index in [0.29, 0.717) is 19.6 Å². The van der Waals surface area contributed by atoms with Gasteiger partial charge in [0.1, 0.15) is 6.04 Å². The van der Waals surface area contributed by atoms with Crippen LogP contribution in [0, 0.1) is 5.82 Å². The number of piperazine rings is 1. The van der Waals surface area contributed by atoms with E-state index in [-0.39, 0.29) is 23.5 Å². The summed E-state index contributed by atoms with van der Waals surface area (Å²) in [6, 6.07) is 4.79. The van der Waals surface area contributed by atoms with Crippen molar-refractivity contribution >= 4 is 5.91 Å². The first-order chi connectivity index (χ1) is 12.1. The van der Waals surface area contributed by atoms with E-state index < -0.39 is 0 Å². The molecule has 1 aliphatic heterocycles. The molecule has 1 fully saturated rings. The molecule has 134 valence electrons. The molecule has 0 bridgehead atoms. The number of carbonyl (C=O) groups is 1. The topological polar surface area (TPSA) is 50.6 Å². The lowest BCUT2D eigenvalue weighted by molar-refractivity contribution is -0.136. The number of aromatic nitrogens is 2. The Balaban J connectivity index is 1.53. The summed E-state index contributed by atoms with van der Waals surface area (Å²) in [5.74, 6) is 0.0174. The summed E-state index contributed by atoms with van der Waals surface area (Å²) in [4.78, 5) is 20.7. The van der Waals surface area contributed by atoms with Gasteiger partial charge >= 0.3 is 0 Å².